The molecule has 0 spiro atoms. The molecule has 2 aliphatic heterocycles. The average molecular weight is 498 g/mol. The summed E-state index contributed by atoms with van der Waals surface area (Å²) in [5, 5.41) is 5.86. The molecular weight excluding hydrogens is 462 g/mol. The lowest BCUT2D eigenvalue weighted by atomic mass is 10.2. The van der Waals surface area contributed by atoms with Crippen LogP contribution in [-0.2, 0) is 4.79 Å². The molecule has 2 N–H and O–H groups in total. The zero-order valence-electron chi connectivity index (χ0n) is 21.2. The van der Waals surface area contributed by atoms with Crippen LogP contribution in [0.5, 0.6) is 17.2 Å². The molecule has 1 unspecified atom stereocenters. The van der Waals surface area contributed by atoms with E-state index in [-0.39, 0.29) is 24.4 Å². The highest BCUT2D eigenvalue weighted by molar-refractivity contribution is 5.97. The Labute approximate surface area is 212 Å². The number of methoxy groups -OCH3 is 3. The molecule has 194 valence electrons. The van der Waals surface area contributed by atoms with E-state index in [2.05, 4.69) is 32.6 Å². The van der Waals surface area contributed by atoms with Crippen LogP contribution in [0.15, 0.2) is 42.5 Å². The van der Waals surface area contributed by atoms with Crippen LogP contribution in [0.4, 0.5) is 16.2 Å². The summed E-state index contributed by atoms with van der Waals surface area (Å²) in [6, 6.07) is 13.0. The van der Waals surface area contributed by atoms with Crippen molar-refractivity contribution < 1.29 is 23.8 Å². The van der Waals surface area contributed by atoms with Gasteiger partial charge in [0.15, 0.2) is 11.5 Å². The van der Waals surface area contributed by atoms with Crippen LogP contribution < -0.4 is 34.6 Å². The summed E-state index contributed by atoms with van der Waals surface area (Å²) >= 11 is 0. The Morgan fingerprint density at radius 3 is 2.28 bits per heavy atom. The third kappa shape index (κ3) is 6.12. The minimum absolute atomic E-state index is 0.0396. The van der Waals surface area contributed by atoms with Crippen LogP contribution in [-0.4, -0.2) is 90.0 Å². The van der Waals surface area contributed by atoms with Crippen molar-refractivity contribution in [1.82, 2.24) is 15.5 Å². The maximum atomic E-state index is 12.6. The number of anilines is 2. The van der Waals surface area contributed by atoms with Crippen molar-refractivity contribution in [3.63, 3.8) is 0 Å². The number of benzene rings is 2. The van der Waals surface area contributed by atoms with E-state index in [1.165, 1.54) is 5.69 Å². The molecule has 2 saturated heterocycles. The van der Waals surface area contributed by atoms with Crippen LogP contribution in [0.25, 0.3) is 0 Å². The van der Waals surface area contributed by atoms with Gasteiger partial charge in [-0.3, -0.25) is 9.69 Å². The largest absolute Gasteiger partial charge is 0.497 e. The van der Waals surface area contributed by atoms with Crippen molar-refractivity contribution in [3.05, 3.63) is 42.5 Å². The summed E-state index contributed by atoms with van der Waals surface area (Å²) in [6.45, 7) is 5.50. The standard InChI is InChI=1S/C26H35N5O5/c1-34-22-7-4-20(5-8-22)30-14-12-29(13-15-30)11-10-27-26(33)28-19-16-25(32)31(18-19)21-6-9-23(35-2)24(17-21)36-3/h4-9,17,19H,10-16,18H2,1-3H3,(H2,27,28,33). The van der Waals surface area contributed by atoms with E-state index >= 15 is 0 Å². The number of amides is 3. The molecule has 2 fully saturated rings. The molecule has 1 atom stereocenters. The van der Waals surface area contributed by atoms with Crippen molar-refractivity contribution in [2.45, 2.75) is 12.5 Å². The molecule has 0 aliphatic carbocycles. The molecule has 2 heterocycles. The van der Waals surface area contributed by atoms with Crippen LogP contribution in [0.1, 0.15) is 6.42 Å². The molecule has 4 rings (SSSR count). The number of carbonyl (C=O) groups is 2. The zero-order valence-corrected chi connectivity index (χ0v) is 21.2. The molecule has 0 radical (unpaired) electrons. The first-order valence-electron chi connectivity index (χ1n) is 12.2. The molecule has 2 aliphatic rings. The fraction of sp³-hybridized carbons (Fsp3) is 0.462. The summed E-state index contributed by atoms with van der Waals surface area (Å²) in [7, 11) is 4.80. The summed E-state index contributed by atoms with van der Waals surface area (Å²) in [5.41, 5.74) is 1.91. The van der Waals surface area contributed by atoms with E-state index in [1.807, 2.05) is 18.2 Å². The van der Waals surface area contributed by atoms with E-state index in [0.29, 0.717) is 24.6 Å². The molecule has 36 heavy (non-hydrogen) atoms. The lowest BCUT2D eigenvalue weighted by molar-refractivity contribution is -0.117. The number of rotatable bonds is 9. The third-order valence-electron chi connectivity index (χ3n) is 6.66. The van der Waals surface area contributed by atoms with E-state index in [4.69, 9.17) is 14.2 Å². The Kier molecular flexibility index (Phi) is 8.37. The van der Waals surface area contributed by atoms with E-state index in [9.17, 15) is 9.59 Å². The first-order chi connectivity index (χ1) is 17.5. The average Bonchev–Trinajstić information content (AvgIpc) is 3.28. The Morgan fingerprint density at radius 2 is 1.61 bits per heavy atom. The normalized spacial score (nSPS) is 18.2. The Bertz CT molecular complexity index is 1040. The van der Waals surface area contributed by atoms with Gasteiger partial charge in [0.2, 0.25) is 5.91 Å². The molecule has 0 bridgehead atoms. The molecule has 2 aromatic rings. The predicted octanol–water partition coefficient (Wildman–Crippen LogP) is 1.94. The quantitative estimate of drug-likeness (QED) is 0.547. The Balaban J connectivity index is 1.17. The maximum absolute atomic E-state index is 12.6. The highest BCUT2D eigenvalue weighted by Crippen LogP contribution is 2.33. The van der Waals surface area contributed by atoms with Crippen LogP contribution in [0.3, 0.4) is 0 Å². The first kappa shape index (κ1) is 25.4. The predicted molar refractivity (Wildman–Crippen MR) is 138 cm³/mol. The van der Waals surface area contributed by atoms with E-state index in [0.717, 1.165) is 44.2 Å². The molecule has 2 aromatic carbocycles. The van der Waals surface area contributed by atoms with Gasteiger partial charge in [0.25, 0.3) is 0 Å². The smallest absolute Gasteiger partial charge is 0.315 e. The van der Waals surface area contributed by atoms with Crippen molar-refractivity contribution >= 4 is 23.3 Å². The summed E-state index contributed by atoms with van der Waals surface area (Å²) in [5.74, 6) is 1.98. The van der Waals surface area contributed by atoms with Gasteiger partial charge in [-0.1, -0.05) is 0 Å². The van der Waals surface area contributed by atoms with Gasteiger partial charge in [0, 0.05) is 69.7 Å². The van der Waals surface area contributed by atoms with Crippen molar-refractivity contribution in [2.75, 3.05) is 76.9 Å². The highest BCUT2D eigenvalue weighted by atomic mass is 16.5. The molecule has 0 saturated carbocycles. The summed E-state index contributed by atoms with van der Waals surface area (Å²) in [6.07, 6.45) is 0.259. The topological polar surface area (TPSA) is 95.6 Å². The van der Waals surface area contributed by atoms with Gasteiger partial charge < -0.3 is 34.6 Å². The molecule has 0 aromatic heterocycles. The number of nitrogens with one attached hydrogen (secondary N) is 2. The van der Waals surface area contributed by atoms with Crippen molar-refractivity contribution in [2.24, 2.45) is 0 Å². The number of piperazine rings is 1. The maximum Gasteiger partial charge on any atom is 0.315 e. The second kappa shape index (κ2) is 11.9. The lowest BCUT2D eigenvalue weighted by Gasteiger charge is -2.36. The molecule has 3 amide bonds. The van der Waals surface area contributed by atoms with Gasteiger partial charge in [0.05, 0.1) is 27.4 Å². The second-order valence-corrected chi connectivity index (χ2v) is 8.87. The zero-order chi connectivity index (χ0) is 25.5. The number of ether oxygens (including phenoxy) is 3. The summed E-state index contributed by atoms with van der Waals surface area (Å²) in [4.78, 5) is 31.4. The van der Waals surface area contributed by atoms with Crippen molar-refractivity contribution in [3.8, 4) is 17.2 Å². The number of hydrogen-bond acceptors (Lipinski definition) is 7. The Morgan fingerprint density at radius 1 is 0.917 bits per heavy atom. The monoisotopic (exact) mass is 497 g/mol. The van der Waals surface area contributed by atoms with Crippen LogP contribution >= 0.6 is 0 Å². The first-order valence-corrected chi connectivity index (χ1v) is 12.2. The molecular formula is C26H35N5O5. The van der Waals surface area contributed by atoms with Crippen molar-refractivity contribution in [1.29, 1.82) is 0 Å². The third-order valence-corrected chi connectivity index (χ3v) is 6.66. The number of nitrogens with zero attached hydrogens (tertiary/aromatic N) is 3. The molecule has 10 nitrogen and oxygen atoms in total. The van der Waals surface area contributed by atoms with Gasteiger partial charge in [-0.05, 0) is 36.4 Å². The number of hydrogen-bond donors (Lipinski definition) is 2. The fourth-order valence-corrected chi connectivity index (χ4v) is 4.63. The fourth-order valence-electron chi connectivity index (χ4n) is 4.63. The van der Waals surface area contributed by atoms with Crippen LogP contribution in [0.2, 0.25) is 0 Å². The van der Waals surface area contributed by atoms with E-state index < -0.39 is 0 Å². The van der Waals surface area contributed by atoms with Gasteiger partial charge >= 0.3 is 6.03 Å². The SMILES string of the molecule is COc1ccc(N2CCN(CCNC(=O)NC3CC(=O)N(c4ccc(OC)c(OC)c4)C3)CC2)cc1. The number of urea groups is 1. The van der Waals surface area contributed by atoms with E-state index in [1.54, 1.807) is 38.4 Å². The second-order valence-electron chi connectivity index (χ2n) is 8.87. The minimum atomic E-state index is -0.251. The number of carbonyl (C=O) groups excluding carboxylic acids is 2. The van der Waals surface area contributed by atoms with Gasteiger partial charge in [-0.2, -0.15) is 0 Å². The van der Waals surface area contributed by atoms with Gasteiger partial charge in [-0.25, -0.2) is 4.79 Å². The van der Waals surface area contributed by atoms with Gasteiger partial charge in [-0.15, -0.1) is 0 Å². The molecule has 10 heteroatoms. The highest BCUT2D eigenvalue weighted by Gasteiger charge is 2.32. The Hall–Kier alpha value is -3.66. The van der Waals surface area contributed by atoms with Gasteiger partial charge in [0.1, 0.15) is 5.75 Å². The lowest BCUT2D eigenvalue weighted by Crippen LogP contribution is -2.50. The minimum Gasteiger partial charge on any atom is -0.497 e. The summed E-state index contributed by atoms with van der Waals surface area (Å²) < 4.78 is 15.8. The van der Waals surface area contributed by atoms with Crippen LogP contribution in [0, 0.1) is 0 Å².